The van der Waals surface area contributed by atoms with Crippen LogP contribution in [0, 0.1) is 0 Å². The van der Waals surface area contributed by atoms with Crippen molar-refractivity contribution >= 4 is 17.7 Å². The lowest BCUT2D eigenvalue weighted by molar-refractivity contribution is -0.119. The van der Waals surface area contributed by atoms with Crippen molar-refractivity contribution in [1.82, 2.24) is 20.1 Å². The minimum atomic E-state index is -0.240. The monoisotopic (exact) mass is 402 g/mol. The summed E-state index contributed by atoms with van der Waals surface area (Å²) in [6, 6.07) is 8.86. The van der Waals surface area contributed by atoms with Gasteiger partial charge in [0.1, 0.15) is 11.5 Å². The van der Waals surface area contributed by atoms with Gasteiger partial charge >= 0.3 is 0 Å². The average molecular weight is 402 g/mol. The number of methoxy groups -OCH3 is 2. The molecule has 1 unspecified atom stereocenters. The highest BCUT2D eigenvalue weighted by atomic mass is 32.2. The Morgan fingerprint density at radius 2 is 2.11 bits per heavy atom. The van der Waals surface area contributed by atoms with Crippen molar-refractivity contribution in [2.45, 2.75) is 18.1 Å². The Balaban J connectivity index is 1.62. The van der Waals surface area contributed by atoms with Crippen LogP contribution in [0.1, 0.15) is 18.5 Å². The van der Waals surface area contributed by atoms with Gasteiger partial charge < -0.3 is 23.8 Å². The number of carbonyl (C=O) groups excluding carboxylic acids is 1. The van der Waals surface area contributed by atoms with Crippen LogP contribution in [0.25, 0.3) is 11.6 Å². The van der Waals surface area contributed by atoms with Gasteiger partial charge in [0.15, 0.2) is 16.7 Å². The van der Waals surface area contributed by atoms with E-state index in [1.165, 1.54) is 11.8 Å². The summed E-state index contributed by atoms with van der Waals surface area (Å²) in [5.41, 5.74) is 0.846. The van der Waals surface area contributed by atoms with Crippen LogP contribution in [0.4, 0.5) is 0 Å². The highest BCUT2D eigenvalue weighted by molar-refractivity contribution is 7.99. The number of ether oxygens (including phenoxy) is 2. The van der Waals surface area contributed by atoms with Gasteiger partial charge in [-0.15, -0.1) is 10.2 Å². The minimum Gasteiger partial charge on any atom is -0.497 e. The molecule has 1 amide bonds. The molecule has 0 saturated carbocycles. The second-order valence-corrected chi connectivity index (χ2v) is 6.97. The van der Waals surface area contributed by atoms with Crippen molar-refractivity contribution < 1.29 is 18.7 Å². The number of hydrogen-bond acceptors (Lipinski definition) is 7. The summed E-state index contributed by atoms with van der Waals surface area (Å²) in [4.78, 5) is 12.4. The van der Waals surface area contributed by atoms with Gasteiger partial charge in [-0.2, -0.15) is 0 Å². The Kier molecular flexibility index (Phi) is 6.25. The molecule has 1 atom stereocenters. The van der Waals surface area contributed by atoms with Crippen LogP contribution >= 0.6 is 11.8 Å². The maximum absolute atomic E-state index is 12.4. The predicted molar refractivity (Wildman–Crippen MR) is 106 cm³/mol. The van der Waals surface area contributed by atoms with Gasteiger partial charge in [0.2, 0.25) is 5.91 Å². The number of amides is 1. The number of hydrogen-bond donors (Lipinski definition) is 1. The molecule has 0 aliphatic carbocycles. The van der Waals surface area contributed by atoms with Gasteiger partial charge in [0.05, 0.1) is 32.3 Å². The molecule has 2 heterocycles. The molecule has 1 aromatic carbocycles. The lowest BCUT2D eigenvalue weighted by Crippen LogP contribution is -2.28. The van der Waals surface area contributed by atoms with Crippen LogP contribution in [-0.4, -0.2) is 40.6 Å². The Morgan fingerprint density at radius 1 is 1.29 bits per heavy atom. The van der Waals surface area contributed by atoms with E-state index in [-0.39, 0.29) is 17.7 Å². The summed E-state index contributed by atoms with van der Waals surface area (Å²) in [5, 5.41) is 11.9. The second kappa shape index (κ2) is 8.83. The quantitative estimate of drug-likeness (QED) is 0.579. The first-order valence-electron chi connectivity index (χ1n) is 8.60. The van der Waals surface area contributed by atoms with E-state index >= 15 is 0 Å². The molecular weight excluding hydrogens is 380 g/mol. The first-order chi connectivity index (χ1) is 13.5. The zero-order valence-electron chi connectivity index (χ0n) is 16.1. The number of nitrogens with one attached hydrogen (secondary N) is 1. The lowest BCUT2D eigenvalue weighted by Gasteiger charge is -2.18. The molecule has 0 aliphatic heterocycles. The second-order valence-electron chi connectivity index (χ2n) is 6.03. The van der Waals surface area contributed by atoms with Gasteiger partial charge in [-0.3, -0.25) is 4.79 Å². The molecule has 0 aliphatic rings. The number of nitrogens with zero attached hydrogens (tertiary/aromatic N) is 3. The fourth-order valence-corrected chi connectivity index (χ4v) is 3.45. The Bertz CT molecular complexity index is 940. The van der Waals surface area contributed by atoms with E-state index in [9.17, 15) is 4.79 Å². The lowest BCUT2D eigenvalue weighted by atomic mass is 10.1. The largest absolute Gasteiger partial charge is 0.497 e. The maximum atomic E-state index is 12.4. The third kappa shape index (κ3) is 4.30. The smallest absolute Gasteiger partial charge is 0.230 e. The number of rotatable bonds is 8. The molecule has 8 nitrogen and oxygen atoms in total. The zero-order valence-corrected chi connectivity index (χ0v) is 16.9. The Morgan fingerprint density at radius 3 is 2.79 bits per heavy atom. The third-order valence-corrected chi connectivity index (χ3v) is 5.21. The normalized spacial score (nSPS) is 11.9. The van der Waals surface area contributed by atoms with Gasteiger partial charge in [0.25, 0.3) is 0 Å². The van der Waals surface area contributed by atoms with Crippen LogP contribution in [0.3, 0.4) is 0 Å². The maximum Gasteiger partial charge on any atom is 0.230 e. The highest BCUT2D eigenvalue weighted by Crippen LogP contribution is 2.29. The molecular formula is C19H22N4O4S. The highest BCUT2D eigenvalue weighted by Gasteiger charge is 2.18. The minimum absolute atomic E-state index is 0.120. The zero-order chi connectivity index (χ0) is 20.1. The van der Waals surface area contributed by atoms with Crippen molar-refractivity contribution in [2.24, 2.45) is 7.05 Å². The molecule has 1 N–H and O–H groups in total. The molecule has 0 saturated heterocycles. The van der Waals surface area contributed by atoms with Crippen LogP contribution in [-0.2, 0) is 11.8 Å². The number of thioether (sulfide) groups is 1. The molecule has 0 spiro atoms. The SMILES string of the molecule is COc1ccc(OC)c(C(C)NC(=O)CSc2nnc(-c3ccco3)n2C)c1. The van der Waals surface area contributed by atoms with Crippen molar-refractivity contribution in [3.8, 4) is 23.1 Å². The van der Waals surface area contributed by atoms with Crippen molar-refractivity contribution in [3.63, 3.8) is 0 Å². The van der Waals surface area contributed by atoms with Gasteiger partial charge in [-0.05, 0) is 37.3 Å². The van der Waals surface area contributed by atoms with E-state index in [4.69, 9.17) is 13.9 Å². The van der Waals surface area contributed by atoms with Gasteiger partial charge in [-0.1, -0.05) is 11.8 Å². The van der Waals surface area contributed by atoms with Crippen molar-refractivity contribution in [1.29, 1.82) is 0 Å². The van der Waals surface area contributed by atoms with Gasteiger partial charge in [0, 0.05) is 12.6 Å². The Labute approximate surface area is 167 Å². The van der Waals surface area contributed by atoms with E-state index in [1.807, 2.05) is 38.2 Å². The third-order valence-electron chi connectivity index (χ3n) is 4.19. The molecule has 28 heavy (non-hydrogen) atoms. The first-order valence-corrected chi connectivity index (χ1v) is 9.59. The number of aromatic nitrogens is 3. The van der Waals surface area contributed by atoms with Crippen LogP contribution < -0.4 is 14.8 Å². The van der Waals surface area contributed by atoms with Crippen molar-refractivity contribution in [2.75, 3.05) is 20.0 Å². The van der Waals surface area contributed by atoms with Crippen LogP contribution in [0.2, 0.25) is 0 Å². The summed E-state index contributed by atoms with van der Waals surface area (Å²) in [7, 11) is 5.03. The standard InChI is InChI=1S/C19H22N4O4S/c1-12(14-10-13(25-3)7-8-15(14)26-4)20-17(24)11-28-19-22-21-18(23(19)2)16-6-5-9-27-16/h5-10,12H,11H2,1-4H3,(H,20,24). The van der Waals surface area contributed by atoms with E-state index in [0.29, 0.717) is 28.2 Å². The summed E-state index contributed by atoms with van der Waals surface area (Å²) >= 11 is 1.31. The van der Waals surface area contributed by atoms with Crippen LogP contribution in [0.15, 0.2) is 46.2 Å². The summed E-state index contributed by atoms with van der Waals surface area (Å²) in [5.74, 6) is 2.73. The number of benzene rings is 1. The van der Waals surface area contributed by atoms with E-state index in [0.717, 1.165) is 5.56 Å². The van der Waals surface area contributed by atoms with Gasteiger partial charge in [-0.25, -0.2) is 0 Å². The van der Waals surface area contributed by atoms with Crippen LogP contribution in [0.5, 0.6) is 11.5 Å². The fraction of sp³-hybridized carbons (Fsp3) is 0.316. The first kappa shape index (κ1) is 19.8. The van der Waals surface area contributed by atoms with E-state index in [2.05, 4.69) is 15.5 Å². The molecule has 2 aromatic heterocycles. The molecule has 0 bridgehead atoms. The van der Waals surface area contributed by atoms with E-state index in [1.54, 1.807) is 31.1 Å². The topological polar surface area (TPSA) is 91.4 Å². The molecule has 0 radical (unpaired) electrons. The Hall–Kier alpha value is -2.94. The number of furan rings is 1. The summed E-state index contributed by atoms with van der Waals surface area (Å²) in [6.45, 7) is 1.90. The predicted octanol–water partition coefficient (Wildman–Crippen LogP) is 3.06. The average Bonchev–Trinajstić information content (AvgIpc) is 3.35. The van der Waals surface area contributed by atoms with Crippen molar-refractivity contribution in [3.05, 3.63) is 42.2 Å². The summed E-state index contributed by atoms with van der Waals surface area (Å²) in [6.07, 6.45) is 1.58. The fourth-order valence-electron chi connectivity index (χ4n) is 2.73. The molecule has 148 valence electrons. The molecule has 0 fully saturated rings. The molecule has 9 heteroatoms. The van der Waals surface area contributed by atoms with E-state index < -0.39 is 0 Å². The molecule has 3 rings (SSSR count). The number of carbonyl (C=O) groups is 1. The summed E-state index contributed by atoms with van der Waals surface area (Å²) < 4.78 is 17.8. The molecule has 3 aromatic rings.